The second kappa shape index (κ2) is 6.94. The highest BCUT2D eigenvalue weighted by Gasteiger charge is 2.25. The van der Waals surface area contributed by atoms with Gasteiger partial charge < -0.3 is 5.11 Å². The van der Waals surface area contributed by atoms with Crippen LogP contribution in [0.15, 0.2) is 0 Å². The Balaban J connectivity index is 0. The van der Waals surface area contributed by atoms with Gasteiger partial charge in [-0.3, -0.25) is 4.79 Å². The van der Waals surface area contributed by atoms with Crippen LogP contribution in [0.2, 0.25) is 0 Å². The number of carboxylic acids is 1. The summed E-state index contributed by atoms with van der Waals surface area (Å²) in [5, 5.41) is 7.42. The molecule has 1 N–H and O–H groups in total. The fourth-order valence-electron chi connectivity index (χ4n) is 0.377. The maximum absolute atomic E-state index is 11.2. The Morgan fingerprint density at radius 1 is 1.42 bits per heavy atom. The molecule has 5 heteroatoms. The van der Waals surface area contributed by atoms with Gasteiger partial charge in [0.1, 0.15) is 0 Å². The van der Waals surface area contributed by atoms with Gasteiger partial charge in [0.25, 0.3) is 5.97 Å². The minimum absolute atomic E-state index is 0.253. The first-order chi connectivity index (χ1) is 5.29. The second-order valence-corrected chi connectivity index (χ2v) is 2.24. The fourth-order valence-corrected chi connectivity index (χ4v) is 0.377. The van der Waals surface area contributed by atoms with Crippen LogP contribution in [0.1, 0.15) is 33.1 Å². The highest BCUT2D eigenvalue weighted by Crippen LogP contribution is 2.21. The molecule has 0 aliphatic heterocycles. The minimum atomic E-state index is -3.95. The van der Waals surface area contributed by atoms with Crippen LogP contribution in [0.3, 0.4) is 0 Å². The molecule has 0 aliphatic carbocycles. The maximum Gasteiger partial charge on any atom is 0.389 e. The van der Waals surface area contributed by atoms with E-state index >= 15 is 0 Å². The Labute approximate surface area is 69.4 Å². The van der Waals surface area contributed by atoms with Crippen LogP contribution in [0.5, 0.6) is 0 Å². The predicted molar refractivity (Wildman–Crippen MR) is 38.9 cm³/mol. The van der Waals surface area contributed by atoms with Gasteiger partial charge >= 0.3 is 6.18 Å². The van der Waals surface area contributed by atoms with E-state index in [-0.39, 0.29) is 6.42 Å². The molecule has 12 heavy (non-hydrogen) atoms. The van der Waals surface area contributed by atoms with Crippen molar-refractivity contribution in [1.82, 2.24) is 0 Å². The molecule has 0 saturated carbocycles. The molecule has 0 saturated heterocycles. The molecular weight excluding hydrogens is 173 g/mol. The lowest BCUT2D eigenvalue weighted by molar-refractivity contribution is -0.136. The molecule has 0 aliphatic rings. The molecule has 0 amide bonds. The number of carboxylic acid groups (broad SMARTS) is 1. The predicted octanol–water partition coefficient (Wildman–Crippen LogP) is 2.83. The van der Waals surface area contributed by atoms with Gasteiger partial charge in [0.2, 0.25) is 0 Å². The zero-order valence-corrected chi connectivity index (χ0v) is 7.11. The van der Waals surface area contributed by atoms with Crippen LogP contribution in [-0.2, 0) is 4.79 Å². The number of alkyl halides is 3. The Morgan fingerprint density at radius 2 is 1.75 bits per heavy atom. The largest absolute Gasteiger partial charge is 0.481 e. The van der Waals surface area contributed by atoms with Crippen LogP contribution >= 0.6 is 0 Å². The average Bonchev–Trinajstić information content (AvgIpc) is 1.80. The highest BCUT2D eigenvalue weighted by atomic mass is 19.4. The van der Waals surface area contributed by atoms with Crippen LogP contribution < -0.4 is 0 Å². The highest BCUT2D eigenvalue weighted by molar-refractivity contribution is 5.62. The molecule has 0 aromatic heterocycles. The third-order valence-corrected chi connectivity index (χ3v) is 0.814. The zero-order chi connectivity index (χ0) is 10.2. The quantitative estimate of drug-likeness (QED) is 0.719. The molecule has 0 aromatic rings. The standard InChI is InChI=1S/C5H9F3.C2H4O2/c1-2-3-4-5(6,7)8;1-2(3)4/h2-4H2,1H3;1H3,(H,3,4). The first-order valence-electron chi connectivity index (χ1n) is 3.56. The second-order valence-electron chi connectivity index (χ2n) is 2.24. The summed E-state index contributed by atoms with van der Waals surface area (Å²) in [6, 6.07) is 0. The lowest BCUT2D eigenvalue weighted by Crippen LogP contribution is -2.05. The van der Waals surface area contributed by atoms with Crippen LogP contribution in [0.4, 0.5) is 13.2 Å². The summed E-state index contributed by atoms with van der Waals surface area (Å²) in [6.45, 7) is 2.83. The normalized spacial score (nSPS) is 10.1. The third kappa shape index (κ3) is 34.8. The van der Waals surface area contributed by atoms with Crippen molar-refractivity contribution in [2.24, 2.45) is 0 Å². The molecule has 2 nitrogen and oxygen atoms in total. The summed E-state index contributed by atoms with van der Waals surface area (Å²) in [7, 11) is 0. The van der Waals surface area contributed by atoms with Crippen molar-refractivity contribution in [1.29, 1.82) is 0 Å². The van der Waals surface area contributed by atoms with Crippen molar-refractivity contribution >= 4 is 5.97 Å². The van der Waals surface area contributed by atoms with E-state index < -0.39 is 18.6 Å². The zero-order valence-electron chi connectivity index (χ0n) is 7.11. The van der Waals surface area contributed by atoms with E-state index in [0.717, 1.165) is 6.92 Å². The van der Waals surface area contributed by atoms with Crippen molar-refractivity contribution in [3.05, 3.63) is 0 Å². The summed E-state index contributed by atoms with van der Waals surface area (Å²) in [4.78, 5) is 9.00. The summed E-state index contributed by atoms with van der Waals surface area (Å²) < 4.78 is 33.7. The number of halogens is 3. The smallest absolute Gasteiger partial charge is 0.389 e. The van der Waals surface area contributed by atoms with Gasteiger partial charge in [-0.2, -0.15) is 13.2 Å². The Hall–Kier alpha value is -0.740. The fraction of sp³-hybridized carbons (Fsp3) is 0.857. The van der Waals surface area contributed by atoms with E-state index in [0.29, 0.717) is 6.42 Å². The lowest BCUT2D eigenvalue weighted by atomic mass is 10.2. The van der Waals surface area contributed by atoms with Gasteiger partial charge in [0.05, 0.1) is 0 Å². The van der Waals surface area contributed by atoms with Crippen molar-refractivity contribution < 1.29 is 23.1 Å². The molecule has 0 bridgehead atoms. The molecule has 0 fully saturated rings. The summed E-state index contributed by atoms with van der Waals surface area (Å²) in [5.74, 6) is -0.833. The molecule has 0 radical (unpaired) electrons. The first-order valence-corrected chi connectivity index (χ1v) is 3.56. The van der Waals surface area contributed by atoms with Gasteiger partial charge in [0, 0.05) is 13.3 Å². The Kier molecular flexibility index (Phi) is 7.99. The van der Waals surface area contributed by atoms with E-state index in [1.165, 1.54) is 0 Å². The third-order valence-electron chi connectivity index (χ3n) is 0.814. The van der Waals surface area contributed by atoms with E-state index in [9.17, 15) is 13.2 Å². The van der Waals surface area contributed by atoms with Crippen LogP contribution in [-0.4, -0.2) is 17.3 Å². The van der Waals surface area contributed by atoms with Crippen molar-refractivity contribution in [3.8, 4) is 0 Å². The molecule has 0 heterocycles. The summed E-state index contributed by atoms with van der Waals surface area (Å²) in [5.41, 5.74) is 0. The molecule has 0 rings (SSSR count). The Bertz CT molecular complexity index is 116. The number of unbranched alkanes of at least 4 members (excludes halogenated alkanes) is 1. The molecule has 0 aromatic carbocycles. The first kappa shape index (κ1) is 13.8. The minimum Gasteiger partial charge on any atom is -0.481 e. The van der Waals surface area contributed by atoms with Crippen molar-refractivity contribution in [3.63, 3.8) is 0 Å². The van der Waals surface area contributed by atoms with Gasteiger partial charge in [0.15, 0.2) is 0 Å². The lowest BCUT2D eigenvalue weighted by Gasteiger charge is -2.02. The average molecular weight is 186 g/mol. The van der Waals surface area contributed by atoms with Gasteiger partial charge in [-0.1, -0.05) is 13.3 Å². The van der Waals surface area contributed by atoms with Gasteiger partial charge in [-0.05, 0) is 6.42 Å². The van der Waals surface area contributed by atoms with Gasteiger partial charge in [-0.25, -0.2) is 0 Å². The topological polar surface area (TPSA) is 37.3 Å². The maximum atomic E-state index is 11.2. The molecule has 74 valence electrons. The van der Waals surface area contributed by atoms with Gasteiger partial charge in [-0.15, -0.1) is 0 Å². The number of carbonyl (C=O) groups is 1. The molecule has 0 spiro atoms. The van der Waals surface area contributed by atoms with E-state index in [1.54, 1.807) is 6.92 Å². The van der Waals surface area contributed by atoms with E-state index in [2.05, 4.69) is 0 Å². The number of hydrogen-bond donors (Lipinski definition) is 1. The van der Waals surface area contributed by atoms with Crippen molar-refractivity contribution in [2.75, 3.05) is 0 Å². The molecule has 0 unspecified atom stereocenters. The van der Waals surface area contributed by atoms with Crippen molar-refractivity contribution in [2.45, 2.75) is 39.3 Å². The number of hydrogen-bond acceptors (Lipinski definition) is 1. The number of rotatable bonds is 2. The SMILES string of the molecule is CC(=O)O.CCCCC(F)(F)F. The summed E-state index contributed by atoms with van der Waals surface area (Å²) >= 11 is 0. The molecule has 0 atom stereocenters. The molecular formula is C7H13F3O2. The Morgan fingerprint density at radius 3 is 1.83 bits per heavy atom. The number of aliphatic carboxylic acids is 1. The van der Waals surface area contributed by atoms with E-state index in [4.69, 9.17) is 9.90 Å². The van der Waals surface area contributed by atoms with Crippen LogP contribution in [0.25, 0.3) is 0 Å². The van der Waals surface area contributed by atoms with Crippen LogP contribution in [0, 0.1) is 0 Å². The summed E-state index contributed by atoms with van der Waals surface area (Å²) in [6.07, 6.45) is -3.72. The monoisotopic (exact) mass is 186 g/mol. The van der Waals surface area contributed by atoms with E-state index in [1.807, 2.05) is 0 Å².